The number of carbonyl (C=O) groups is 1. The SMILES string of the molecule is C[C@H]1CN(S(=O)(=O)c2cccc(C(=O)Nc3ccc(S(=O)(=O)Nc4ncccn4)cc3)c2)C[C@H](C)O1. The molecule has 0 aliphatic carbocycles. The van der Waals surface area contributed by atoms with Crippen LogP contribution < -0.4 is 10.0 Å². The second-order valence-corrected chi connectivity index (χ2v) is 11.9. The summed E-state index contributed by atoms with van der Waals surface area (Å²) in [7, 11) is -7.73. The Bertz CT molecular complexity index is 1440. The van der Waals surface area contributed by atoms with Crippen LogP contribution in [0, 0.1) is 0 Å². The van der Waals surface area contributed by atoms with Crippen molar-refractivity contribution < 1.29 is 26.4 Å². The van der Waals surface area contributed by atoms with Crippen molar-refractivity contribution in [2.75, 3.05) is 23.1 Å². The van der Waals surface area contributed by atoms with Crippen molar-refractivity contribution in [3.8, 4) is 0 Å². The number of aromatic nitrogens is 2. The first-order valence-corrected chi connectivity index (χ1v) is 13.9. The van der Waals surface area contributed by atoms with E-state index in [-0.39, 0.29) is 46.6 Å². The monoisotopic (exact) mass is 531 g/mol. The predicted octanol–water partition coefficient (Wildman–Crippen LogP) is 2.33. The zero-order chi connectivity index (χ0) is 25.9. The Labute approximate surface area is 209 Å². The van der Waals surface area contributed by atoms with E-state index in [2.05, 4.69) is 20.0 Å². The maximum Gasteiger partial charge on any atom is 0.264 e. The number of nitrogens with one attached hydrogen (secondary N) is 2. The molecule has 2 atom stereocenters. The van der Waals surface area contributed by atoms with Crippen molar-refractivity contribution in [3.05, 3.63) is 72.6 Å². The lowest BCUT2D eigenvalue weighted by molar-refractivity contribution is -0.0440. The van der Waals surface area contributed by atoms with Gasteiger partial charge in [-0.25, -0.2) is 31.5 Å². The van der Waals surface area contributed by atoms with Crippen molar-refractivity contribution in [2.24, 2.45) is 0 Å². The third kappa shape index (κ3) is 5.87. The first-order valence-electron chi connectivity index (χ1n) is 11.0. The molecule has 0 unspecified atom stereocenters. The number of hydrogen-bond donors (Lipinski definition) is 2. The molecule has 1 aliphatic rings. The molecule has 11 nitrogen and oxygen atoms in total. The molecular weight excluding hydrogens is 506 g/mol. The summed E-state index contributed by atoms with van der Waals surface area (Å²) in [6, 6.07) is 12.8. The molecule has 0 saturated carbocycles. The molecule has 3 aromatic rings. The van der Waals surface area contributed by atoms with E-state index >= 15 is 0 Å². The van der Waals surface area contributed by atoms with Gasteiger partial charge in [-0.15, -0.1) is 0 Å². The minimum Gasteiger partial charge on any atom is -0.373 e. The fourth-order valence-electron chi connectivity index (χ4n) is 3.73. The van der Waals surface area contributed by atoms with Crippen LogP contribution >= 0.6 is 0 Å². The molecule has 2 N–H and O–H groups in total. The molecule has 1 fully saturated rings. The number of carbonyl (C=O) groups excluding carboxylic acids is 1. The molecule has 2 heterocycles. The third-order valence-electron chi connectivity index (χ3n) is 5.33. The lowest BCUT2D eigenvalue weighted by Crippen LogP contribution is -2.48. The first-order chi connectivity index (χ1) is 17.0. The number of hydrogen-bond acceptors (Lipinski definition) is 8. The second-order valence-electron chi connectivity index (χ2n) is 8.26. The largest absolute Gasteiger partial charge is 0.373 e. The van der Waals surface area contributed by atoms with Crippen molar-refractivity contribution >= 4 is 37.6 Å². The highest BCUT2D eigenvalue weighted by atomic mass is 32.2. The maximum absolute atomic E-state index is 13.1. The van der Waals surface area contributed by atoms with Gasteiger partial charge >= 0.3 is 0 Å². The Hall–Kier alpha value is -3.39. The van der Waals surface area contributed by atoms with Crippen LogP contribution in [0.3, 0.4) is 0 Å². The van der Waals surface area contributed by atoms with Crippen LogP contribution in [0.25, 0.3) is 0 Å². The van der Waals surface area contributed by atoms with E-state index in [1.54, 1.807) is 6.07 Å². The molecule has 36 heavy (non-hydrogen) atoms. The predicted molar refractivity (Wildman–Crippen MR) is 132 cm³/mol. The van der Waals surface area contributed by atoms with Gasteiger partial charge in [0.25, 0.3) is 15.9 Å². The Morgan fingerprint density at radius 2 is 1.56 bits per heavy atom. The van der Waals surface area contributed by atoms with E-state index < -0.39 is 26.0 Å². The summed E-state index contributed by atoms with van der Waals surface area (Å²) in [4.78, 5) is 20.4. The van der Waals surface area contributed by atoms with Gasteiger partial charge in [-0.2, -0.15) is 4.31 Å². The summed E-state index contributed by atoms with van der Waals surface area (Å²) in [5.41, 5.74) is 0.476. The van der Waals surface area contributed by atoms with Crippen LogP contribution in [0.15, 0.2) is 76.8 Å². The van der Waals surface area contributed by atoms with Gasteiger partial charge in [0.05, 0.1) is 22.0 Å². The van der Waals surface area contributed by atoms with Crippen molar-refractivity contribution in [1.82, 2.24) is 14.3 Å². The summed E-state index contributed by atoms with van der Waals surface area (Å²) in [5.74, 6) is -0.604. The van der Waals surface area contributed by atoms with Crippen LogP contribution in [0.4, 0.5) is 11.6 Å². The molecule has 1 aromatic heterocycles. The van der Waals surface area contributed by atoms with E-state index in [0.29, 0.717) is 5.69 Å². The number of rotatable bonds is 7. The van der Waals surface area contributed by atoms with Crippen LogP contribution in [0.2, 0.25) is 0 Å². The quantitative estimate of drug-likeness (QED) is 0.472. The lowest BCUT2D eigenvalue weighted by Gasteiger charge is -2.34. The summed E-state index contributed by atoms with van der Waals surface area (Å²) in [6.07, 6.45) is 2.34. The fraction of sp³-hybridized carbons (Fsp3) is 0.261. The lowest BCUT2D eigenvalue weighted by atomic mass is 10.2. The standard InChI is InChI=1S/C23H25N5O6S2/c1-16-14-28(15-17(2)34-16)36(32,33)21-6-3-5-18(13-21)22(29)26-19-7-9-20(10-8-19)35(30,31)27-23-24-11-4-12-25-23/h3-13,16-17H,14-15H2,1-2H3,(H,26,29)(H,24,25,27)/t16-,17-/m0/s1. The van der Waals surface area contributed by atoms with Crippen molar-refractivity contribution in [1.29, 1.82) is 0 Å². The minimum atomic E-state index is -3.92. The Morgan fingerprint density at radius 1 is 0.917 bits per heavy atom. The topological polar surface area (TPSA) is 148 Å². The highest BCUT2D eigenvalue weighted by Gasteiger charge is 2.32. The highest BCUT2D eigenvalue weighted by Crippen LogP contribution is 2.23. The molecule has 2 aromatic carbocycles. The van der Waals surface area contributed by atoms with Gasteiger partial charge in [0.15, 0.2) is 0 Å². The molecule has 0 spiro atoms. The van der Waals surface area contributed by atoms with Gasteiger partial charge in [0.2, 0.25) is 16.0 Å². The molecule has 0 bridgehead atoms. The van der Waals surface area contributed by atoms with Crippen LogP contribution in [-0.2, 0) is 24.8 Å². The zero-order valence-electron chi connectivity index (χ0n) is 19.5. The maximum atomic E-state index is 13.1. The summed E-state index contributed by atoms with van der Waals surface area (Å²) in [5, 5.41) is 2.65. The van der Waals surface area contributed by atoms with Gasteiger partial charge in [0, 0.05) is 36.7 Å². The smallest absolute Gasteiger partial charge is 0.264 e. The Kier molecular flexibility index (Phi) is 7.36. The number of ether oxygens (including phenoxy) is 1. The van der Waals surface area contributed by atoms with Gasteiger partial charge in [-0.1, -0.05) is 6.07 Å². The molecule has 1 amide bonds. The zero-order valence-corrected chi connectivity index (χ0v) is 21.2. The van der Waals surface area contributed by atoms with E-state index in [9.17, 15) is 21.6 Å². The van der Waals surface area contributed by atoms with Crippen LogP contribution in [-0.4, -0.2) is 62.3 Å². The normalized spacial score (nSPS) is 18.9. The van der Waals surface area contributed by atoms with Crippen molar-refractivity contribution in [3.63, 3.8) is 0 Å². The van der Waals surface area contributed by atoms with Gasteiger partial charge in [-0.05, 0) is 62.4 Å². The van der Waals surface area contributed by atoms with E-state index in [1.165, 1.54) is 65.2 Å². The minimum absolute atomic E-state index is 0.00657. The van der Waals surface area contributed by atoms with Crippen molar-refractivity contribution in [2.45, 2.75) is 35.8 Å². The van der Waals surface area contributed by atoms with E-state index in [4.69, 9.17) is 4.74 Å². The third-order valence-corrected chi connectivity index (χ3v) is 8.51. The fourth-order valence-corrected chi connectivity index (χ4v) is 6.32. The van der Waals surface area contributed by atoms with Gasteiger partial charge < -0.3 is 10.1 Å². The molecule has 4 rings (SSSR count). The molecular formula is C23H25N5O6S2. The highest BCUT2D eigenvalue weighted by molar-refractivity contribution is 7.92. The first kappa shape index (κ1) is 25.7. The Morgan fingerprint density at radius 3 is 2.19 bits per heavy atom. The van der Waals surface area contributed by atoms with E-state index in [1.807, 2.05) is 13.8 Å². The summed E-state index contributed by atoms with van der Waals surface area (Å²) in [6.45, 7) is 4.07. The average Bonchev–Trinajstić information content (AvgIpc) is 2.84. The average molecular weight is 532 g/mol. The van der Waals surface area contributed by atoms with Crippen LogP contribution in [0.5, 0.6) is 0 Å². The number of amides is 1. The summed E-state index contributed by atoms with van der Waals surface area (Å²) < 4.78 is 60.5. The molecule has 1 saturated heterocycles. The molecule has 13 heteroatoms. The number of morpholine rings is 1. The molecule has 0 radical (unpaired) electrons. The molecule has 190 valence electrons. The number of benzene rings is 2. The van der Waals surface area contributed by atoms with Crippen LogP contribution in [0.1, 0.15) is 24.2 Å². The molecule has 1 aliphatic heterocycles. The van der Waals surface area contributed by atoms with Gasteiger partial charge in [-0.3, -0.25) is 4.79 Å². The van der Waals surface area contributed by atoms with E-state index in [0.717, 1.165) is 0 Å². The number of sulfonamides is 2. The summed E-state index contributed by atoms with van der Waals surface area (Å²) >= 11 is 0. The Balaban J connectivity index is 1.47. The number of anilines is 2. The number of nitrogens with zero attached hydrogens (tertiary/aromatic N) is 3. The second kappa shape index (κ2) is 10.3. The van der Waals surface area contributed by atoms with Gasteiger partial charge in [0.1, 0.15) is 0 Å².